The molecule has 2 aromatic rings. The van der Waals surface area contributed by atoms with Crippen molar-refractivity contribution in [1.82, 2.24) is 14.7 Å². The van der Waals surface area contributed by atoms with Gasteiger partial charge >= 0.3 is 0 Å². The van der Waals surface area contributed by atoms with Crippen LogP contribution in [-0.4, -0.2) is 44.9 Å². The van der Waals surface area contributed by atoms with E-state index in [1.54, 1.807) is 0 Å². The second-order valence-electron chi connectivity index (χ2n) is 6.86. The smallest absolute Gasteiger partial charge is 0.264 e. The number of carbonyl (C=O) groups excluding carboxylic acids is 1. The predicted octanol–water partition coefficient (Wildman–Crippen LogP) is 2.99. The molecule has 23 heavy (non-hydrogen) atoms. The Balaban J connectivity index is 1.96. The van der Waals surface area contributed by atoms with E-state index in [1.165, 1.54) is 11.3 Å². The topological polar surface area (TPSA) is 58.4 Å². The third-order valence-electron chi connectivity index (χ3n) is 4.86. The van der Waals surface area contributed by atoms with E-state index in [2.05, 4.69) is 25.9 Å². The van der Waals surface area contributed by atoms with Crippen molar-refractivity contribution in [3.63, 3.8) is 0 Å². The third-order valence-corrected chi connectivity index (χ3v) is 6.05. The molecule has 1 amide bonds. The highest BCUT2D eigenvalue weighted by Crippen LogP contribution is 2.33. The van der Waals surface area contributed by atoms with Gasteiger partial charge in [0.05, 0.1) is 23.2 Å². The van der Waals surface area contributed by atoms with Crippen molar-refractivity contribution in [3.8, 4) is 0 Å². The lowest BCUT2D eigenvalue weighted by Crippen LogP contribution is -2.49. The van der Waals surface area contributed by atoms with E-state index < -0.39 is 0 Å². The number of aryl methyl sites for hydroxylation is 1. The van der Waals surface area contributed by atoms with E-state index in [1.807, 2.05) is 22.7 Å². The number of aliphatic hydroxyl groups is 1. The molecule has 2 unspecified atom stereocenters. The number of nitrogens with zero attached hydrogens (tertiary/aromatic N) is 3. The van der Waals surface area contributed by atoms with Crippen molar-refractivity contribution < 1.29 is 9.90 Å². The molecule has 0 radical (unpaired) electrons. The fourth-order valence-electron chi connectivity index (χ4n) is 3.52. The molecule has 3 heterocycles. The monoisotopic (exact) mass is 335 g/mol. The first-order valence-corrected chi connectivity index (χ1v) is 9.14. The number of thiophene rings is 1. The summed E-state index contributed by atoms with van der Waals surface area (Å²) in [5.74, 6) is 0.725. The van der Waals surface area contributed by atoms with Gasteiger partial charge in [0.1, 0.15) is 4.83 Å². The van der Waals surface area contributed by atoms with Crippen LogP contribution in [0.15, 0.2) is 6.07 Å². The molecule has 0 saturated carbocycles. The third kappa shape index (κ3) is 2.78. The number of piperidine rings is 1. The Morgan fingerprint density at radius 2 is 2.26 bits per heavy atom. The van der Waals surface area contributed by atoms with Gasteiger partial charge in [-0.05, 0) is 30.7 Å². The summed E-state index contributed by atoms with van der Waals surface area (Å²) in [6.07, 6.45) is 2.08. The SMILES string of the molecule is CC(C)c1nn(C)c2sc(C(=O)N3CCCC(C)C3CO)cc12. The Morgan fingerprint density at radius 1 is 1.52 bits per heavy atom. The van der Waals surface area contributed by atoms with E-state index >= 15 is 0 Å². The number of likely N-dealkylation sites (tertiary alicyclic amines) is 1. The van der Waals surface area contributed by atoms with Gasteiger partial charge in [0.25, 0.3) is 5.91 Å². The molecule has 2 atom stereocenters. The summed E-state index contributed by atoms with van der Waals surface area (Å²) in [7, 11) is 1.93. The fourth-order valence-corrected chi connectivity index (χ4v) is 4.56. The highest BCUT2D eigenvalue weighted by atomic mass is 32.1. The zero-order valence-electron chi connectivity index (χ0n) is 14.2. The van der Waals surface area contributed by atoms with Crippen molar-refractivity contribution in [1.29, 1.82) is 0 Å². The zero-order valence-corrected chi connectivity index (χ0v) is 15.1. The van der Waals surface area contributed by atoms with Crippen molar-refractivity contribution >= 4 is 27.5 Å². The molecular formula is C17H25N3O2S. The molecular weight excluding hydrogens is 310 g/mol. The van der Waals surface area contributed by atoms with Gasteiger partial charge in [-0.1, -0.05) is 20.8 Å². The van der Waals surface area contributed by atoms with E-state index in [0.29, 0.717) is 11.8 Å². The number of rotatable bonds is 3. The minimum atomic E-state index is -0.0656. The summed E-state index contributed by atoms with van der Waals surface area (Å²) < 4.78 is 1.87. The average Bonchev–Trinajstić information content (AvgIpc) is 3.07. The molecule has 6 heteroatoms. The van der Waals surface area contributed by atoms with Crippen LogP contribution in [0.3, 0.4) is 0 Å². The molecule has 0 aliphatic carbocycles. The highest BCUT2D eigenvalue weighted by molar-refractivity contribution is 7.20. The Labute approximate surface area is 140 Å². The number of aliphatic hydroxyl groups excluding tert-OH is 1. The summed E-state index contributed by atoms with van der Waals surface area (Å²) in [6.45, 7) is 7.13. The summed E-state index contributed by atoms with van der Waals surface area (Å²) >= 11 is 1.51. The van der Waals surface area contributed by atoms with Crippen LogP contribution < -0.4 is 0 Å². The maximum atomic E-state index is 13.0. The number of aromatic nitrogens is 2. The lowest BCUT2D eigenvalue weighted by atomic mass is 9.91. The average molecular weight is 335 g/mol. The van der Waals surface area contributed by atoms with Crippen molar-refractivity contribution in [2.75, 3.05) is 13.2 Å². The first-order valence-electron chi connectivity index (χ1n) is 8.32. The predicted molar refractivity (Wildman–Crippen MR) is 93.0 cm³/mol. The molecule has 1 fully saturated rings. The van der Waals surface area contributed by atoms with E-state index in [9.17, 15) is 9.90 Å². The number of hydrogen-bond acceptors (Lipinski definition) is 4. The van der Waals surface area contributed by atoms with Crippen LogP contribution in [0.4, 0.5) is 0 Å². The molecule has 0 spiro atoms. The highest BCUT2D eigenvalue weighted by Gasteiger charge is 2.33. The quantitative estimate of drug-likeness (QED) is 0.938. The van der Waals surface area contributed by atoms with Crippen LogP contribution in [0.25, 0.3) is 10.2 Å². The van der Waals surface area contributed by atoms with Crippen LogP contribution in [0, 0.1) is 5.92 Å². The van der Waals surface area contributed by atoms with Crippen molar-refractivity contribution in [2.45, 2.75) is 45.6 Å². The molecule has 3 rings (SSSR count). The van der Waals surface area contributed by atoms with Crippen LogP contribution in [0.1, 0.15) is 54.9 Å². The molecule has 2 aromatic heterocycles. The summed E-state index contributed by atoms with van der Waals surface area (Å²) in [6, 6.07) is 1.92. The summed E-state index contributed by atoms with van der Waals surface area (Å²) in [5, 5.41) is 15.3. The van der Waals surface area contributed by atoms with Gasteiger partial charge in [-0.15, -0.1) is 11.3 Å². The molecule has 5 nitrogen and oxygen atoms in total. The standard InChI is InChI=1S/C17H25N3O2S/c1-10(2)15-12-8-14(23-17(12)19(4)18-15)16(22)20-7-5-6-11(3)13(20)9-21/h8,10-11,13,21H,5-7,9H2,1-4H3. The molecule has 1 saturated heterocycles. The van der Waals surface area contributed by atoms with Gasteiger partial charge in [-0.25, -0.2) is 0 Å². The number of hydrogen-bond donors (Lipinski definition) is 1. The lowest BCUT2D eigenvalue weighted by Gasteiger charge is -2.38. The Kier molecular flexibility index (Phi) is 4.47. The maximum absolute atomic E-state index is 13.0. The Bertz CT molecular complexity index is 719. The van der Waals surface area contributed by atoms with Crippen LogP contribution in [-0.2, 0) is 7.05 Å². The first-order chi connectivity index (χ1) is 10.9. The summed E-state index contributed by atoms with van der Waals surface area (Å²) in [5.41, 5.74) is 1.04. The largest absolute Gasteiger partial charge is 0.394 e. The van der Waals surface area contributed by atoms with Gasteiger partial charge in [0.15, 0.2) is 0 Å². The molecule has 1 N–H and O–H groups in total. The van der Waals surface area contributed by atoms with Gasteiger partial charge < -0.3 is 10.0 Å². The maximum Gasteiger partial charge on any atom is 0.264 e. The molecule has 1 aliphatic heterocycles. The van der Waals surface area contributed by atoms with Crippen LogP contribution in [0.2, 0.25) is 0 Å². The van der Waals surface area contributed by atoms with Crippen molar-refractivity contribution in [2.24, 2.45) is 13.0 Å². The minimum Gasteiger partial charge on any atom is -0.394 e. The van der Waals surface area contributed by atoms with E-state index in [4.69, 9.17) is 0 Å². The van der Waals surface area contributed by atoms with Gasteiger partial charge in [-0.2, -0.15) is 5.10 Å². The van der Waals surface area contributed by atoms with Gasteiger partial charge in [0, 0.05) is 19.0 Å². The molecule has 1 aliphatic rings. The first kappa shape index (κ1) is 16.5. The second kappa shape index (κ2) is 6.24. The van der Waals surface area contributed by atoms with Crippen LogP contribution in [0.5, 0.6) is 0 Å². The zero-order chi connectivity index (χ0) is 16.7. The molecule has 0 bridgehead atoms. The fraction of sp³-hybridized carbons (Fsp3) is 0.647. The minimum absolute atomic E-state index is 0.0383. The Hall–Kier alpha value is -1.40. The number of carbonyl (C=O) groups is 1. The van der Waals surface area contributed by atoms with Crippen molar-refractivity contribution in [3.05, 3.63) is 16.6 Å². The lowest BCUT2D eigenvalue weighted by molar-refractivity contribution is 0.0363. The van der Waals surface area contributed by atoms with Crippen LogP contribution >= 0.6 is 11.3 Å². The normalized spacial score (nSPS) is 22.3. The number of amides is 1. The second-order valence-corrected chi connectivity index (χ2v) is 7.89. The Morgan fingerprint density at radius 3 is 2.91 bits per heavy atom. The molecule has 0 aromatic carbocycles. The van der Waals surface area contributed by atoms with Gasteiger partial charge in [-0.3, -0.25) is 9.48 Å². The van der Waals surface area contributed by atoms with Gasteiger partial charge in [0.2, 0.25) is 0 Å². The number of fused-ring (bicyclic) bond motifs is 1. The molecule has 126 valence electrons. The summed E-state index contributed by atoms with van der Waals surface area (Å²) in [4.78, 5) is 16.6. The van der Waals surface area contributed by atoms with E-state index in [0.717, 1.165) is 40.2 Å². The van der Waals surface area contributed by atoms with E-state index in [-0.39, 0.29) is 18.6 Å².